The van der Waals surface area contributed by atoms with E-state index in [2.05, 4.69) is 10.6 Å². The number of hydrogen-bond acceptors (Lipinski definition) is 3. The molecule has 1 aromatic rings. The lowest BCUT2D eigenvalue weighted by molar-refractivity contribution is -0.137. The molecule has 1 amide bonds. The second kappa shape index (κ2) is 7.99. The maximum atomic E-state index is 12.6. The summed E-state index contributed by atoms with van der Waals surface area (Å²) >= 11 is 0. The number of carbonyl (C=O) groups is 1. The molecule has 21 heavy (non-hydrogen) atoms. The second-order valence-corrected chi connectivity index (χ2v) is 4.62. The molecule has 0 aliphatic heterocycles. The van der Waals surface area contributed by atoms with Crippen molar-refractivity contribution in [3.8, 4) is 0 Å². The monoisotopic (exact) mass is 304 g/mol. The SMILES string of the molecule is CCCNC(=O)CNCC(O)c1cccc(C(F)(F)F)c1. The molecular weight excluding hydrogens is 285 g/mol. The van der Waals surface area contributed by atoms with Gasteiger partial charge in [0, 0.05) is 13.1 Å². The number of amides is 1. The largest absolute Gasteiger partial charge is 0.416 e. The van der Waals surface area contributed by atoms with Crippen molar-refractivity contribution in [2.75, 3.05) is 19.6 Å². The van der Waals surface area contributed by atoms with Gasteiger partial charge >= 0.3 is 6.18 Å². The van der Waals surface area contributed by atoms with E-state index in [1.807, 2.05) is 6.92 Å². The molecule has 3 N–H and O–H groups in total. The lowest BCUT2D eigenvalue weighted by Crippen LogP contribution is -2.35. The highest BCUT2D eigenvalue weighted by atomic mass is 19.4. The van der Waals surface area contributed by atoms with Gasteiger partial charge in [-0.3, -0.25) is 4.79 Å². The van der Waals surface area contributed by atoms with Gasteiger partial charge in [-0.15, -0.1) is 0 Å². The van der Waals surface area contributed by atoms with Gasteiger partial charge in [-0.25, -0.2) is 0 Å². The maximum absolute atomic E-state index is 12.6. The van der Waals surface area contributed by atoms with Crippen molar-refractivity contribution in [1.29, 1.82) is 0 Å². The molecule has 0 bridgehead atoms. The van der Waals surface area contributed by atoms with Crippen LogP contribution in [-0.2, 0) is 11.0 Å². The zero-order valence-corrected chi connectivity index (χ0v) is 11.7. The van der Waals surface area contributed by atoms with Crippen molar-refractivity contribution in [2.45, 2.75) is 25.6 Å². The van der Waals surface area contributed by atoms with Crippen LogP contribution < -0.4 is 10.6 Å². The van der Waals surface area contributed by atoms with Crippen LogP contribution in [0.1, 0.15) is 30.6 Å². The third-order valence-electron chi connectivity index (χ3n) is 2.79. The van der Waals surface area contributed by atoms with Crippen LogP contribution in [0, 0.1) is 0 Å². The first-order valence-corrected chi connectivity index (χ1v) is 6.67. The van der Waals surface area contributed by atoms with Crippen molar-refractivity contribution >= 4 is 5.91 Å². The number of hydrogen-bond donors (Lipinski definition) is 3. The fourth-order valence-electron chi connectivity index (χ4n) is 1.69. The van der Waals surface area contributed by atoms with Crippen LogP contribution in [0.5, 0.6) is 0 Å². The first-order valence-electron chi connectivity index (χ1n) is 6.67. The van der Waals surface area contributed by atoms with Crippen molar-refractivity contribution in [1.82, 2.24) is 10.6 Å². The van der Waals surface area contributed by atoms with Gasteiger partial charge in [-0.2, -0.15) is 13.2 Å². The number of halogens is 3. The van der Waals surface area contributed by atoms with E-state index in [0.29, 0.717) is 6.54 Å². The Morgan fingerprint density at radius 3 is 2.71 bits per heavy atom. The molecular formula is C14H19F3N2O2. The molecule has 4 nitrogen and oxygen atoms in total. The molecule has 0 heterocycles. The molecule has 0 spiro atoms. The second-order valence-electron chi connectivity index (χ2n) is 4.62. The average molecular weight is 304 g/mol. The van der Waals surface area contributed by atoms with Crippen molar-refractivity contribution in [3.63, 3.8) is 0 Å². The van der Waals surface area contributed by atoms with E-state index >= 15 is 0 Å². The van der Waals surface area contributed by atoms with E-state index in [-0.39, 0.29) is 24.6 Å². The predicted molar refractivity (Wildman–Crippen MR) is 72.6 cm³/mol. The molecule has 1 rings (SSSR count). The van der Waals surface area contributed by atoms with E-state index < -0.39 is 17.8 Å². The Labute approximate surface area is 121 Å². The zero-order valence-electron chi connectivity index (χ0n) is 11.7. The van der Waals surface area contributed by atoms with Gasteiger partial charge in [-0.05, 0) is 24.1 Å². The van der Waals surface area contributed by atoms with Crippen LogP contribution in [0.25, 0.3) is 0 Å². The fourth-order valence-corrected chi connectivity index (χ4v) is 1.69. The summed E-state index contributed by atoms with van der Waals surface area (Å²) in [7, 11) is 0. The lowest BCUT2D eigenvalue weighted by atomic mass is 10.1. The minimum absolute atomic E-state index is 0.000849. The highest BCUT2D eigenvalue weighted by Crippen LogP contribution is 2.30. The first kappa shape index (κ1) is 17.5. The number of aliphatic hydroxyl groups is 1. The number of alkyl halides is 3. The standard InChI is InChI=1S/C14H19F3N2O2/c1-2-6-19-13(21)9-18-8-12(20)10-4-3-5-11(7-10)14(15,16)17/h3-5,7,12,18,20H,2,6,8-9H2,1H3,(H,19,21). The minimum Gasteiger partial charge on any atom is -0.387 e. The first-order chi connectivity index (χ1) is 9.84. The smallest absolute Gasteiger partial charge is 0.387 e. The summed E-state index contributed by atoms with van der Waals surface area (Å²) in [6.07, 6.45) is -4.73. The molecule has 0 aliphatic rings. The normalized spacial score (nSPS) is 13.0. The highest BCUT2D eigenvalue weighted by Gasteiger charge is 2.30. The van der Waals surface area contributed by atoms with E-state index in [0.717, 1.165) is 18.6 Å². The highest BCUT2D eigenvalue weighted by molar-refractivity contribution is 5.77. The Balaban J connectivity index is 2.49. The van der Waals surface area contributed by atoms with Gasteiger partial charge in [-0.1, -0.05) is 19.1 Å². The van der Waals surface area contributed by atoms with Crippen LogP contribution in [0.3, 0.4) is 0 Å². The molecule has 118 valence electrons. The van der Waals surface area contributed by atoms with Gasteiger partial charge in [0.15, 0.2) is 0 Å². The summed E-state index contributed by atoms with van der Waals surface area (Å²) in [4.78, 5) is 11.3. The van der Waals surface area contributed by atoms with Gasteiger partial charge in [0.1, 0.15) is 0 Å². The molecule has 1 atom stereocenters. The number of carbonyl (C=O) groups excluding carboxylic acids is 1. The molecule has 1 unspecified atom stereocenters. The van der Waals surface area contributed by atoms with E-state index in [9.17, 15) is 23.1 Å². The third-order valence-corrected chi connectivity index (χ3v) is 2.79. The maximum Gasteiger partial charge on any atom is 0.416 e. The average Bonchev–Trinajstić information content (AvgIpc) is 2.44. The van der Waals surface area contributed by atoms with Crippen LogP contribution in [-0.4, -0.2) is 30.6 Å². The molecule has 0 saturated heterocycles. The Morgan fingerprint density at radius 1 is 1.38 bits per heavy atom. The Morgan fingerprint density at radius 2 is 2.10 bits per heavy atom. The van der Waals surface area contributed by atoms with Crippen molar-refractivity contribution in [3.05, 3.63) is 35.4 Å². The predicted octanol–water partition coefficient (Wildman–Crippen LogP) is 1.85. The van der Waals surface area contributed by atoms with Gasteiger partial charge in [0.25, 0.3) is 0 Å². The summed E-state index contributed by atoms with van der Waals surface area (Å²) < 4.78 is 37.7. The summed E-state index contributed by atoms with van der Waals surface area (Å²) in [6.45, 7) is 2.50. The van der Waals surface area contributed by atoms with Gasteiger partial charge < -0.3 is 15.7 Å². The van der Waals surface area contributed by atoms with Crippen LogP contribution in [0.2, 0.25) is 0 Å². The fraction of sp³-hybridized carbons (Fsp3) is 0.500. The lowest BCUT2D eigenvalue weighted by Gasteiger charge is -2.14. The number of benzene rings is 1. The number of rotatable bonds is 7. The summed E-state index contributed by atoms with van der Waals surface area (Å²) in [5, 5.41) is 15.2. The third kappa shape index (κ3) is 6.14. The summed E-state index contributed by atoms with van der Waals surface area (Å²) in [6, 6.07) is 4.51. The Hall–Kier alpha value is -1.60. The molecule has 0 aliphatic carbocycles. The van der Waals surface area contributed by atoms with Crippen LogP contribution >= 0.6 is 0 Å². The van der Waals surface area contributed by atoms with Gasteiger partial charge in [0.05, 0.1) is 18.2 Å². The molecule has 1 aromatic carbocycles. The molecule has 7 heteroatoms. The topological polar surface area (TPSA) is 61.4 Å². The summed E-state index contributed by atoms with van der Waals surface area (Å²) in [5.41, 5.74) is -0.647. The molecule has 0 saturated carbocycles. The van der Waals surface area contributed by atoms with Crippen molar-refractivity contribution < 1.29 is 23.1 Å². The molecule has 0 radical (unpaired) electrons. The summed E-state index contributed by atoms with van der Waals surface area (Å²) in [5.74, 6) is -0.215. The Bertz CT molecular complexity index is 464. The number of nitrogens with one attached hydrogen (secondary N) is 2. The van der Waals surface area contributed by atoms with Crippen LogP contribution in [0.4, 0.5) is 13.2 Å². The van der Waals surface area contributed by atoms with E-state index in [1.165, 1.54) is 12.1 Å². The minimum atomic E-state index is -4.44. The zero-order chi connectivity index (χ0) is 15.9. The number of aliphatic hydroxyl groups excluding tert-OH is 1. The van der Waals surface area contributed by atoms with Crippen LogP contribution in [0.15, 0.2) is 24.3 Å². The van der Waals surface area contributed by atoms with E-state index in [1.54, 1.807) is 0 Å². The quantitative estimate of drug-likeness (QED) is 0.720. The van der Waals surface area contributed by atoms with E-state index in [4.69, 9.17) is 0 Å². The van der Waals surface area contributed by atoms with Gasteiger partial charge in [0.2, 0.25) is 5.91 Å². The molecule has 0 fully saturated rings. The van der Waals surface area contributed by atoms with Crippen molar-refractivity contribution in [2.24, 2.45) is 0 Å². The molecule has 0 aromatic heterocycles. The Kier molecular flexibility index (Phi) is 6.64.